The number of pyridine rings is 3. The van der Waals surface area contributed by atoms with E-state index in [4.69, 9.17) is 9.97 Å². The molecule has 4 unspecified atom stereocenters. The third kappa shape index (κ3) is 2.99. The van der Waals surface area contributed by atoms with E-state index in [1.54, 1.807) is 0 Å². The highest BCUT2D eigenvalue weighted by Crippen LogP contribution is 2.48. The Morgan fingerprint density at radius 2 is 0.886 bits per heavy atom. The van der Waals surface area contributed by atoms with Gasteiger partial charge in [-0.15, -0.1) is 6.07 Å². The van der Waals surface area contributed by atoms with E-state index in [1.165, 1.54) is 27.8 Å². The molecular formula is C41H33N3. The molecule has 0 saturated carbocycles. The van der Waals surface area contributed by atoms with Gasteiger partial charge in [-0.3, -0.25) is 9.55 Å². The molecular weight excluding hydrogens is 534 g/mol. The van der Waals surface area contributed by atoms with Crippen LogP contribution in [0.2, 0.25) is 0 Å². The first kappa shape index (κ1) is 25.6. The fourth-order valence-electron chi connectivity index (χ4n) is 8.14. The van der Waals surface area contributed by atoms with E-state index in [-0.39, 0.29) is 0 Å². The van der Waals surface area contributed by atoms with E-state index in [0.717, 1.165) is 33.9 Å². The minimum Gasteiger partial charge on any atom is -0.296 e. The van der Waals surface area contributed by atoms with Gasteiger partial charge in [-0.1, -0.05) is 84.4 Å². The van der Waals surface area contributed by atoms with E-state index in [9.17, 15) is 0 Å². The zero-order chi connectivity index (χ0) is 29.9. The fourth-order valence-corrected chi connectivity index (χ4v) is 8.14. The largest absolute Gasteiger partial charge is 0.296 e. The molecule has 6 aromatic rings. The first-order valence-corrected chi connectivity index (χ1v) is 15.5. The van der Waals surface area contributed by atoms with Crippen molar-refractivity contribution in [3.05, 3.63) is 195 Å². The van der Waals surface area contributed by atoms with Crippen molar-refractivity contribution < 1.29 is 4.57 Å². The third-order valence-electron chi connectivity index (χ3n) is 11.3. The Morgan fingerprint density at radius 3 is 1.50 bits per heavy atom. The summed E-state index contributed by atoms with van der Waals surface area (Å²) in [6, 6.07) is 44.9. The Hall–Kier alpha value is -4.89. The standard InChI is InChI=1S/C41H33N3/c1-38-27-11-5-13-29(23-27)39(2)30-14-7-16-32(25-30)41(4,44-22-10-17-33(38)26-44)37-21-9-20-36(43-37)40(3,31-15-6-12-28(38)24-31)35-19-8-18-34(39)42-35/h5-25H,1-4H3. The quantitative estimate of drug-likeness (QED) is 0.142. The van der Waals surface area contributed by atoms with Crippen molar-refractivity contribution in [2.75, 3.05) is 0 Å². The van der Waals surface area contributed by atoms with Crippen LogP contribution >= 0.6 is 0 Å². The predicted molar refractivity (Wildman–Crippen MR) is 172 cm³/mol. The second-order valence-corrected chi connectivity index (χ2v) is 13.4. The van der Waals surface area contributed by atoms with Crippen molar-refractivity contribution in [2.45, 2.75) is 49.5 Å². The van der Waals surface area contributed by atoms with Gasteiger partial charge in [0.15, 0.2) is 0 Å². The average Bonchev–Trinajstić information content (AvgIpc) is 3.09. The molecule has 4 aliphatic rings. The molecule has 7 heterocycles. The van der Waals surface area contributed by atoms with Crippen molar-refractivity contribution >= 4 is 0 Å². The maximum atomic E-state index is 5.60. The van der Waals surface area contributed by atoms with Crippen molar-refractivity contribution in [3.63, 3.8) is 0 Å². The van der Waals surface area contributed by atoms with Crippen LogP contribution in [-0.2, 0) is 21.8 Å². The van der Waals surface area contributed by atoms with Crippen molar-refractivity contribution in [2.24, 2.45) is 0 Å². The second kappa shape index (κ2) is 8.39. The minimum atomic E-state index is -0.634. The summed E-state index contributed by atoms with van der Waals surface area (Å²) >= 11 is 0. The molecule has 0 fully saturated rings. The Bertz CT molecular complexity index is 1640. The fraction of sp³-hybridized carbons (Fsp3) is 0.195. The molecule has 3 nitrogen and oxygen atoms in total. The van der Waals surface area contributed by atoms with Crippen LogP contribution in [0.25, 0.3) is 0 Å². The molecule has 0 amide bonds. The maximum Gasteiger partial charge on any atom is 0.211 e. The molecule has 3 heteroatoms. The molecule has 44 heavy (non-hydrogen) atoms. The van der Waals surface area contributed by atoms with Gasteiger partial charge in [-0.05, 0) is 78.9 Å². The Labute approximate surface area is 258 Å². The highest BCUT2D eigenvalue weighted by atomic mass is 15.1. The predicted octanol–water partition coefficient (Wildman–Crippen LogP) is 7.38. The Balaban J connectivity index is 1.63. The summed E-state index contributed by atoms with van der Waals surface area (Å²) in [5.41, 5.74) is 10.1. The van der Waals surface area contributed by atoms with Gasteiger partial charge in [0, 0.05) is 17.9 Å². The number of hydrogen-bond acceptors (Lipinski definition) is 2. The zero-order valence-electron chi connectivity index (χ0n) is 25.5. The van der Waals surface area contributed by atoms with Gasteiger partial charge < -0.3 is 0 Å². The van der Waals surface area contributed by atoms with Crippen LogP contribution in [0.3, 0.4) is 0 Å². The zero-order valence-corrected chi connectivity index (χ0v) is 25.5. The van der Waals surface area contributed by atoms with E-state index in [0.29, 0.717) is 0 Å². The molecule has 3 aromatic carbocycles. The lowest BCUT2D eigenvalue weighted by molar-refractivity contribution is -0.745. The monoisotopic (exact) mass is 567 g/mol. The molecule has 0 aliphatic carbocycles. The lowest BCUT2D eigenvalue weighted by atomic mass is 9.65. The van der Waals surface area contributed by atoms with E-state index in [2.05, 4.69) is 166 Å². The number of aromatic nitrogens is 3. The smallest absolute Gasteiger partial charge is 0.211 e. The Morgan fingerprint density at radius 1 is 0.455 bits per heavy atom. The van der Waals surface area contributed by atoms with Crippen LogP contribution in [-0.4, -0.2) is 9.97 Å². The van der Waals surface area contributed by atoms with Gasteiger partial charge >= 0.3 is 0 Å². The number of hydrogen-bond donors (Lipinski definition) is 0. The van der Waals surface area contributed by atoms with Crippen LogP contribution in [0.5, 0.6) is 0 Å². The van der Waals surface area contributed by atoms with E-state index < -0.39 is 21.8 Å². The summed E-state index contributed by atoms with van der Waals surface area (Å²) in [6.45, 7) is 9.31. The summed E-state index contributed by atoms with van der Waals surface area (Å²) in [5.74, 6) is 0. The molecule has 16 bridgehead atoms. The highest BCUT2D eigenvalue weighted by Gasteiger charge is 2.46. The lowest BCUT2D eigenvalue weighted by Gasteiger charge is -2.41. The molecule has 0 radical (unpaired) electrons. The third-order valence-corrected chi connectivity index (χ3v) is 11.3. The molecule has 0 saturated heterocycles. The average molecular weight is 568 g/mol. The highest BCUT2D eigenvalue weighted by molar-refractivity contribution is 5.58. The molecule has 4 aliphatic heterocycles. The molecule has 3 aromatic heterocycles. The van der Waals surface area contributed by atoms with Crippen molar-refractivity contribution in [3.8, 4) is 0 Å². The second-order valence-electron chi connectivity index (χ2n) is 13.4. The molecule has 212 valence electrons. The first-order valence-electron chi connectivity index (χ1n) is 15.5. The molecule has 10 rings (SSSR count). The van der Waals surface area contributed by atoms with Crippen LogP contribution < -0.4 is 4.57 Å². The van der Waals surface area contributed by atoms with Crippen LogP contribution in [0, 0.1) is 6.20 Å². The summed E-state index contributed by atoms with van der Waals surface area (Å²) < 4.78 is 2.26. The first-order chi connectivity index (χ1) is 21.3. The topological polar surface area (TPSA) is 29.7 Å². The lowest BCUT2D eigenvalue weighted by Crippen LogP contribution is -2.57. The van der Waals surface area contributed by atoms with Gasteiger partial charge in [-0.25, -0.2) is 4.98 Å². The van der Waals surface area contributed by atoms with Crippen LogP contribution in [0.1, 0.15) is 89.4 Å². The summed E-state index contributed by atoms with van der Waals surface area (Å²) in [7, 11) is 0. The number of nitrogens with zero attached hydrogens (tertiary/aromatic N) is 3. The molecule has 0 N–H and O–H groups in total. The number of benzene rings is 3. The van der Waals surface area contributed by atoms with Crippen LogP contribution in [0.15, 0.2) is 128 Å². The number of rotatable bonds is 0. The SMILES string of the molecule is CC12c3[c-][n+](ccc3)C3(C)c4cccc(c4)C(C)(c4cccc1c4)c1cccc(n1)C(C)(c1cccc2c1)c1cccc3n1. The maximum absolute atomic E-state index is 5.60. The normalized spacial score (nSPS) is 27.0. The summed E-state index contributed by atoms with van der Waals surface area (Å²) in [4.78, 5) is 11.2. The molecule has 4 atom stereocenters. The van der Waals surface area contributed by atoms with Crippen LogP contribution in [0.4, 0.5) is 0 Å². The van der Waals surface area contributed by atoms with E-state index >= 15 is 0 Å². The van der Waals surface area contributed by atoms with Gasteiger partial charge in [0.1, 0.15) is 11.9 Å². The minimum absolute atomic E-state index is 0.481. The van der Waals surface area contributed by atoms with Gasteiger partial charge in [-0.2, -0.15) is 6.07 Å². The van der Waals surface area contributed by atoms with E-state index in [1.807, 2.05) is 0 Å². The summed E-state index contributed by atoms with van der Waals surface area (Å²) in [5, 5.41) is 0. The van der Waals surface area contributed by atoms with Gasteiger partial charge in [0.25, 0.3) is 0 Å². The van der Waals surface area contributed by atoms with Crippen molar-refractivity contribution in [1.29, 1.82) is 0 Å². The molecule has 0 spiro atoms. The summed E-state index contributed by atoms with van der Waals surface area (Å²) in [6.07, 6.45) is 6.09. The van der Waals surface area contributed by atoms with Crippen molar-refractivity contribution in [1.82, 2.24) is 9.97 Å². The van der Waals surface area contributed by atoms with Gasteiger partial charge in [0.2, 0.25) is 5.54 Å². The van der Waals surface area contributed by atoms with Gasteiger partial charge in [0.05, 0.1) is 34.1 Å². The Kier molecular flexibility index (Phi) is 4.88.